The largest absolute Gasteiger partial charge is 0.496 e. The van der Waals surface area contributed by atoms with Gasteiger partial charge in [-0.2, -0.15) is 0 Å². The van der Waals surface area contributed by atoms with Crippen molar-refractivity contribution < 1.29 is 14.6 Å². The standard InChI is InChI=1S/C17H16O3/c1-12-10-14(8-9-16(12)20-2)15(11-17(18)19)13-6-4-3-5-7-13/h3-11H,1-2H3,(H,18,19)/b15-11+. The molecule has 0 bridgehead atoms. The van der Waals surface area contributed by atoms with Gasteiger partial charge in [0.05, 0.1) is 7.11 Å². The lowest BCUT2D eigenvalue weighted by atomic mass is 9.96. The van der Waals surface area contributed by atoms with E-state index in [0.29, 0.717) is 5.57 Å². The minimum atomic E-state index is -0.961. The summed E-state index contributed by atoms with van der Waals surface area (Å²) in [7, 11) is 1.62. The Morgan fingerprint density at radius 1 is 1.10 bits per heavy atom. The van der Waals surface area contributed by atoms with E-state index in [9.17, 15) is 4.79 Å². The zero-order valence-electron chi connectivity index (χ0n) is 11.5. The van der Waals surface area contributed by atoms with Crippen molar-refractivity contribution in [3.63, 3.8) is 0 Å². The number of carboxylic acids is 1. The van der Waals surface area contributed by atoms with E-state index in [1.54, 1.807) is 7.11 Å². The van der Waals surface area contributed by atoms with Gasteiger partial charge >= 0.3 is 5.97 Å². The van der Waals surface area contributed by atoms with Crippen LogP contribution in [-0.4, -0.2) is 18.2 Å². The second-order valence-corrected chi connectivity index (χ2v) is 4.45. The minimum Gasteiger partial charge on any atom is -0.496 e. The summed E-state index contributed by atoms with van der Waals surface area (Å²) in [5, 5.41) is 9.08. The summed E-state index contributed by atoms with van der Waals surface area (Å²) in [6, 6.07) is 15.1. The van der Waals surface area contributed by atoms with Gasteiger partial charge in [0, 0.05) is 6.08 Å². The summed E-state index contributed by atoms with van der Waals surface area (Å²) < 4.78 is 5.23. The van der Waals surface area contributed by atoms with Crippen LogP contribution in [0.2, 0.25) is 0 Å². The Morgan fingerprint density at radius 2 is 1.80 bits per heavy atom. The van der Waals surface area contributed by atoms with Gasteiger partial charge in [0.25, 0.3) is 0 Å². The predicted octanol–water partition coefficient (Wildman–Crippen LogP) is 3.52. The second-order valence-electron chi connectivity index (χ2n) is 4.45. The van der Waals surface area contributed by atoms with Crippen LogP contribution in [0.4, 0.5) is 0 Å². The number of aryl methyl sites for hydroxylation is 1. The Hall–Kier alpha value is -2.55. The van der Waals surface area contributed by atoms with Crippen LogP contribution >= 0.6 is 0 Å². The maximum absolute atomic E-state index is 11.1. The van der Waals surface area contributed by atoms with E-state index in [-0.39, 0.29) is 0 Å². The molecule has 0 unspecified atom stereocenters. The van der Waals surface area contributed by atoms with Crippen LogP contribution in [0.15, 0.2) is 54.6 Å². The molecule has 1 N–H and O–H groups in total. The zero-order valence-corrected chi connectivity index (χ0v) is 11.5. The minimum absolute atomic E-state index is 0.684. The highest BCUT2D eigenvalue weighted by atomic mass is 16.5. The lowest BCUT2D eigenvalue weighted by molar-refractivity contribution is -0.131. The Balaban J connectivity index is 2.53. The van der Waals surface area contributed by atoms with Gasteiger partial charge in [0.2, 0.25) is 0 Å². The molecular weight excluding hydrogens is 252 g/mol. The first-order chi connectivity index (χ1) is 9.61. The first-order valence-electron chi connectivity index (χ1n) is 6.27. The van der Waals surface area contributed by atoms with Crippen LogP contribution in [0, 0.1) is 6.92 Å². The molecule has 0 saturated heterocycles. The predicted molar refractivity (Wildman–Crippen MR) is 78.9 cm³/mol. The molecule has 0 aromatic heterocycles. The molecule has 0 spiro atoms. The number of carbonyl (C=O) groups is 1. The summed E-state index contributed by atoms with van der Waals surface area (Å²) in [6.45, 7) is 1.94. The van der Waals surface area contributed by atoms with Gasteiger partial charge in [-0.15, -0.1) is 0 Å². The van der Waals surface area contributed by atoms with Crippen molar-refractivity contribution in [1.82, 2.24) is 0 Å². The van der Waals surface area contributed by atoms with E-state index in [4.69, 9.17) is 9.84 Å². The van der Waals surface area contributed by atoms with E-state index < -0.39 is 5.97 Å². The van der Waals surface area contributed by atoms with Crippen LogP contribution < -0.4 is 4.74 Å². The smallest absolute Gasteiger partial charge is 0.328 e. The van der Waals surface area contributed by atoms with Crippen molar-refractivity contribution in [1.29, 1.82) is 0 Å². The number of hydrogen-bond acceptors (Lipinski definition) is 2. The lowest BCUT2D eigenvalue weighted by Gasteiger charge is -2.11. The van der Waals surface area contributed by atoms with Gasteiger partial charge < -0.3 is 9.84 Å². The summed E-state index contributed by atoms with van der Waals surface area (Å²) in [5.41, 5.74) is 3.39. The molecule has 0 aliphatic carbocycles. The number of carboxylic acid groups (broad SMARTS) is 1. The van der Waals surface area contributed by atoms with E-state index in [1.165, 1.54) is 6.08 Å². The Labute approximate surface area is 118 Å². The van der Waals surface area contributed by atoms with Crippen molar-refractivity contribution in [3.05, 3.63) is 71.3 Å². The molecule has 20 heavy (non-hydrogen) atoms. The van der Waals surface area contributed by atoms with Crippen molar-refractivity contribution in [2.75, 3.05) is 7.11 Å². The number of hydrogen-bond donors (Lipinski definition) is 1. The van der Waals surface area contributed by atoms with Gasteiger partial charge in [-0.05, 0) is 41.3 Å². The van der Waals surface area contributed by atoms with Gasteiger partial charge in [-0.3, -0.25) is 0 Å². The van der Waals surface area contributed by atoms with E-state index >= 15 is 0 Å². The Kier molecular flexibility index (Phi) is 4.20. The van der Waals surface area contributed by atoms with E-state index in [2.05, 4.69) is 0 Å². The maximum Gasteiger partial charge on any atom is 0.328 e. The molecule has 2 aromatic carbocycles. The lowest BCUT2D eigenvalue weighted by Crippen LogP contribution is -1.96. The average Bonchev–Trinajstić information content (AvgIpc) is 2.45. The summed E-state index contributed by atoms with van der Waals surface area (Å²) in [6.07, 6.45) is 1.23. The zero-order chi connectivity index (χ0) is 14.5. The first-order valence-corrected chi connectivity index (χ1v) is 6.27. The molecule has 2 aromatic rings. The molecule has 0 amide bonds. The van der Waals surface area contributed by atoms with Gasteiger partial charge in [-0.25, -0.2) is 4.79 Å². The van der Waals surface area contributed by atoms with Crippen LogP contribution in [-0.2, 0) is 4.79 Å². The topological polar surface area (TPSA) is 46.5 Å². The van der Waals surface area contributed by atoms with Crippen molar-refractivity contribution >= 4 is 11.5 Å². The van der Waals surface area contributed by atoms with Crippen LogP contribution in [0.25, 0.3) is 5.57 Å². The quantitative estimate of drug-likeness (QED) is 0.863. The third-order valence-electron chi connectivity index (χ3n) is 3.06. The average molecular weight is 268 g/mol. The molecule has 0 radical (unpaired) electrons. The molecule has 0 aliphatic rings. The summed E-state index contributed by atoms with van der Waals surface area (Å²) in [5.74, 6) is -0.172. The molecular formula is C17H16O3. The number of rotatable bonds is 4. The molecule has 0 heterocycles. The SMILES string of the molecule is COc1ccc(/C(=C/C(=O)O)c2ccccc2)cc1C. The molecule has 0 fully saturated rings. The number of ether oxygens (including phenoxy) is 1. The Bertz CT molecular complexity index is 643. The van der Waals surface area contributed by atoms with Crippen molar-refractivity contribution in [3.8, 4) is 5.75 Å². The normalized spacial score (nSPS) is 11.2. The fourth-order valence-corrected chi connectivity index (χ4v) is 2.12. The molecule has 102 valence electrons. The molecule has 0 atom stereocenters. The maximum atomic E-state index is 11.1. The third-order valence-corrected chi connectivity index (χ3v) is 3.06. The molecule has 2 rings (SSSR count). The fourth-order valence-electron chi connectivity index (χ4n) is 2.12. The van der Waals surface area contributed by atoms with Gasteiger partial charge in [0.1, 0.15) is 5.75 Å². The number of aliphatic carboxylic acids is 1. The molecule has 0 saturated carbocycles. The first kappa shape index (κ1) is 13.9. The van der Waals surface area contributed by atoms with Crippen LogP contribution in [0.5, 0.6) is 5.75 Å². The van der Waals surface area contributed by atoms with E-state index in [1.807, 2.05) is 55.5 Å². The highest BCUT2D eigenvalue weighted by Gasteiger charge is 2.09. The number of benzene rings is 2. The summed E-state index contributed by atoms with van der Waals surface area (Å²) >= 11 is 0. The third kappa shape index (κ3) is 3.06. The molecule has 0 aliphatic heterocycles. The van der Waals surface area contributed by atoms with E-state index in [0.717, 1.165) is 22.4 Å². The van der Waals surface area contributed by atoms with Gasteiger partial charge in [0.15, 0.2) is 0 Å². The Morgan fingerprint density at radius 3 is 2.35 bits per heavy atom. The summed E-state index contributed by atoms with van der Waals surface area (Å²) in [4.78, 5) is 11.1. The van der Waals surface area contributed by atoms with Crippen LogP contribution in [0.1, 0.15) is 16.7 Å². The molecule has 3 nitrogen and oxygen atoms in total. The van der Waals surface area contributed by atoms with Gasteiger partial charge in [-0.1, -0.05) is 36.4 Å². The fraction of sp³-hybridized carbons (Fsp3) is 0.118. The number of methoxy groups -OCH3 is 1. The van der Waals surface area contributed by atoms with Crippen molar-refractivity contribution in [2.24, 2.45) is 0 Å². The monoisotopic (exact) mass is 268 g/mol. The molecule has 3 heteroatoms. The van der Waals surface area contributed by atoms with Crippen molar-refractivity contribution in [2.45, 2.75) is 6.92 Å². The van der Waals surface area contributed by atoms with Crippen LogP contribution in [0.3, 0.4) is 0 Å². The highest BCUT2D eigenvalue weighted by molar-refractivity contribution is 5.95. The highest BCUT2D eigenvalue weighted by Crippen LogP contribution is 2.27. The second kappa shape index (κ2) is 6.06.